The first-order chi connectivity index (χ1) is 10.9. The number of rotatable bonds is 5. The molecule has 0 unspecified atom stereocenters. The topological polar surface area (TPSA) is 45.5 Å². The minimum Gasteiger partial charge on any atom is -0.390 e. The third kappa shape index (κ3) is 4.05. The number of pyridine rings is 1. The molecule has 2 aromatic rings. The van der Waals surface area contributed by atoms with Gasteiger partial charge in [-0.05, 0) is 42.0 Å². The van der Waals surface area contributed by atoms with E-state index in [0.717, 1.165) is 17.1 Å². The largest absolute Gasteiger partial charge is 0.390 e. The van der Waals surface area contributed by atoms with E-state index in [1.54, 1.807) is 0 Å². The Morgan fingerprint density at radius 1 is 1.00 bits per heavy atom. The van der Waals surface area contributed by atoms with Gasteiger partial charge in [0, 0.05) is 0 Å². The van der Waals surface area contributed by atoms with Gasteiger partial charge in [-0.2, -0.15) is 0 Å². The van der Waals surface area contributed by atoms with E-state index in [0.29, 0.717) is 17.5 Å². The van der Waals surface area contributed by atoms with Crippen molar-refractivity contribution in [3.05, 3.63) is 58.9 Å². The molecule has 0 fully saturated rings. The molecule has 1 heterocycles. The lowest BCUT2D eigenvalue weighted by Crippen LogP contribution is -2.03. The number of aliphatic hydroxyl groups is 1. The Morgan fingerprint density at radius 2 is 1.57 bits per heavy atom. The fourth-order valence-corrected chi connectivity index (χ4v) is 2.63. The van der Waals surface area contributed by atoms with Crippen LogP contribution in [0.4, 0.5) is 5.69 Å². The fourth-order valence-electron chi connectivity index (χ4n) is 2.63. The van der Waals surface area contributed by atoms with Gasteiger partial charge in [0.1, 0.15) is 0 Å². The normalized spacial score (nSPS) is 12.3. The van der Waals surface area contributed by atoms with Crippen molar-refractivity contribution in [1.82, 2.24) is 4.98 Å². The van der Waals surface area contributed by atoms with Crippen molar-refractivity contribution in [2.45, 2.75) is 53.1 Å². The summed E-state index contributed by atoms with van der Waals surface area (Å²) >= 11 is 0. The number of aliphatic imine (C=N–C) groups is 1. The maximum Gasteiger partial charge on any atom is 0.0853 e. The first-order valence-electron chi connectivity index (χ1n) is 8.19. The van der Waals surface area contributed by atoms with Crippen LogP contribution < -0.4 is 0 Å². The molecule has 0 amide bonds. The van der Waals surface area contributed by atoms with Gasteiger partial charge in [-0.15, -0.1) is 0 Å². The molecule has 23 heavy (non-hydrogen) atoms. The molecule has 3 nitrogen and oxygen atoms in total. The summed E-state index contributed by atoms with van der Waals surface area (Å²) in [5, 5.41) is 9.26. The molecule has 0 bridgehead atoms. The molecule has 0 spiro atoms. The highest BCUT2D eigenvalue weighted by Gasteiger charge is 2.14. The van der Waals surface area contributed by atoms with Crippen molar-refractivity contribution < 1.29 is 5.11 Å². The lowest BCUT2D eigenvalue weighted by Gasteiger charge is -2.17. The zero-order valence-electron chi connectivity index (χ0n) is 14.7. The summed E-state index contributed by atoms with van der Waals surface area (Å²) in [5.74, 6) is 0.828. The van der Waals surface area contributed by atoms with Crippen LogP contribution in [0.2, 0.25) is 0 Å². The van der Waals surface area contributed by atoms with E-state index in [-0.39, 0.29) is 6.61 Å². The molecule has 0 radical (unpaired) electrons. The number of aromatic nitrogens is 1. The predicted molar refractivity (Wildman–Crippen MR) is 96.7 cm³/mol. The van der Waals surface area contributed by atoms with E-state index in [2.05, 4.69) is 50.9 Å². The molecule has 2 rings (SSSR count). The second kappa shape index (κ2) is 7.51. The number of para-hydroxylation sites is 1. The maximum absolute atomic E-state index is 9.26. The van der Waals surface area contributed by atoms with Gasteiger partial charge in [0.15, 0.2) is 0 Å². The summed E-state index contributed by atoms with van der Waals surface area (Å²) < 4.78 is 0. The Bertz CT molecular complexity index is 676. The molecule has 0 atom stereocenters. The van der Waals surface area contributed by atoms with Crippen LogP contribution in [0, 0.1) is 0 Å². The van der Waals surface area contributed by atoms with Crippen LogP contribution in [0.15, 0.2) is 41.4 Å². The molecule has 1 N–H and O–H groups in total. The average Bonchev–Trinajstić information content (AvgIpc) is 2.54. The molecular formula is C20H26N2O. The predicted octanol–water partition coefficient (Wildman–Crippen LogP) is 4.96. The van der Waals surface area contributed by atoms with Crippen molar-refractivity contribution >= 4 is 11.4 Å². The SMILES string of the molecule is CC(=Nc1c(C(C)C)cccc1C(C)C)c1cccc(CO)n1. The van der Waals surface area contributed by atoms with Crippen LogP contribution in [-0.4, -0.2) is 15.8 Å². The number of aliphatic hydroxyl groups excluding tert-OH is 1. The van der Waals surface area contributed by atoms with Crippen molar-refractivity contribution in [1.29, 1.82) is 0 Å². The highest BCUT2D eigenvalue weighted by molar-refractivity contribution is 5.99. The zero-order chi connectivity index (χ0) is 17.0. The maximum atomic E-state index is 9.26. The quantitative estimate of drug-likeness (QED) is 0.793. The Hall–Kier alpha value is -2.00. The number of nitrogens with zero attached hydrogens (tertiary/aromatic N) is 2. The van der Waals surface area contributed by atoms with E-state index in [4.69, 9.17) is 4.99 Å². The van der Waals surface area contributed by atoms with Gasteiger partial charge in [-0.1, -0.05) is 52.0 Å². The molecule has 1 aromatic carbocycles. The summed E-state index contributed by atoms with van der Waals surface area (Å²) in [7, 11) is 0. The van der Waals surface area contributed by atoms with Crippen LogP contribution in [0.3, 0.4) is 0 Å². The van der Waals surface area contributed by atoms with Crippen molar-refractivity contribution in [2.75, 3.05) is 0 Å². The fraction of sp³-hybridized carbons (Fsp3) is 0.400. The smallest absolute Gasteiger partial charge is 0.0853 e. The Balaban J connectivity index is 2.55. The van der Waals surface area contributed by atoms with Crippen molar-refractivity contribution in [3.8, 4) is 0 Å². The molecule has 0 aliphatic carbocycles. The van der Waals surface area contributed by atoms with E-state index in [1.807, 2.05) is 25.1 Å². The monoisotopic (exact) mass is 310 g/mol. The van der Waals surface area contributed by atoms with E-state index in [9.17, 15) is 5.11 Å². The molecule has 3 heteroatoms. The molecular weight excluding hydrogens is 284 g/mol. The van der Waals surface area contributed by atoms with Gasteiger partial charge in [0.25, 0.3) is 0 Å². The zero-order valence-corrected chi connectivity index (χ0v) is 14.7. The Kier molecular flexibility index (Phi) is 5.67. The van der Waals surface area contributed by atoms with Gasteiger partial charge < -0.3 is 5.11 Å². The lowest BCUT2D eigenvalue weighted by molar-refractivity contribution is 0.277. The Labute approximate surface area is 139 Å². The summed E-state index contributed by atoms with van der Waals surface area (Å²) in [4.78, 5) is 9.38. The first-order valence-corrected chi connectivity index (χ1v) is 8.19. The van der Waals surface area contributed by atoms with Crippen LogP contribution in [0.25, 0.3) is 0 Å². The van der Waals surface area contributed by atoms with Gasteiger partial charge >= 0.3 is 0 Å². The second-order valence-corrected chi connectivity index (χ2v) is 6.46. The molecule has 1 aromatic heterocycles. The summed E-state index contributed by atoms with van der Waals surface area (Å²) in [6.07, 6.45) is 0. The summed E-state index contributed by atoms with van der Waals surface area (Å²) in [6.45, 7) is 10.7. The molecule has 0 saturated carbocycles. The van der Waals surface area contributed by atoms with Crippen LogP contribution in [0.1, 0.15) is 69.0 Å². The highest BCUT2D eigenvalue weighted by Crippen LogP contribution is 2.35. The number of hydrogen-bond donors (Lipinski definition) is 1. The lowest BCUT2D eigenvalue weighted by atomic mass is 9.93. The van der Waals surface area contributed by atoms with Crippen LogP contribution >= 0.6 is 0 Å². The third-order valence-electron chi connectivity index (χ3n) is 3.96. The summed E-state index contributed by atoms with van der Waals surface area (Å²) in [5.41, 5.74) is 5.92. The molecule has 0 aliphatic rings. The number of benzene rings is 1. The van der Waals surface area contributed by atoms with Crippen LogP contribution in [-0.2, 0) is 6.61 Å². The Morgan fingerprint density at radius 3 is 2.09 bits per heavy atom. The molecule has 122 valence electrons. The second-order valence-electron chi connectivity index (χ2n) is 6.46. The van der Waals surface area contributed by atoms with Gasteiger partial charge in [0.2, 0.25) is 0 Å². The van der Waals surface area contributed by atoms with E-state index < -0.39 is 0 Å². The molecule has 0 aliphatic heterocycles. The minimum atomic E-state index is -0.0546. The van der Waals surface area contributed by atoms with E-state index >= 15 is 0 Å². The van der Waals surface area contributed by atoms with Gasteiger partial charge in [0.05, 0.1) is 29.4 Å². The third-order valence-corrected chi connectivity index (χ3v) is 3.96. The van der Waals surface area contributed by atoms with Gasteiger partial charge in [-0.3, -0.25) is 4.99 Å². The van der Waals surface area contributed by atoms with E-state index in [1.165, 1.54) is 11.1 Å². The summed E-state index contributed by atoms with van der Waals surface area (Å²) in [6, 6.07) is 12.1. The average molecular weight is 310 g/mol. The van der Waals surface area contributed by atoms with Crippen molar-refractivity contribution in [2.24, 2.45) is 4.99 Å². The minimum absolute atomic E-state index is 0.0546. The number of hydrogen-bond acceptors (Lipinski definition) is 3. The van der Waals surface area contributed by atoms with Crippen LogP contribution in [0.5, 0.6) is 0 Å². The van der Waals surface area contributed by atoms with Crippen molar-refractivity contribution in [3.63, 3.8) is 0 Å². The molecule has 0 saturated heterocycles. The first kappa shape index (κ1) is 17.4. The van der Waals surface area contributed by atoms with Gasteiger partial charge in [-0.25, -0.2) is 4.98 Å². The highest BCUT2D eigenvalue weighted by atomic mass is 16.3. The standard InChI is InChI=1S/C20H26N2O/c1-13(2)17-9-7-10-18(14(3)4)20(17)21-15(5)19-11-6-8-16(12-23)22-19/h6-11,13-14,23H,12H2,1-5H3.